The SMILES string of the molecule is O=C1CCC(N2C(=O)c3cc(F)c(N4CC5CN(C6CN(c7cnc(C(=O)NC8CCCCC8)cn7)C6)CC5C4)cc3C2=O)C(=O)N1. The highest BCUT2D eigenvalue weighted by atomic mass is 19.1. The van der Waals surface area contributed by atoms with Crippen LogP contribution in [0.5, 0.6) is 0 Å². The van der Waals surface area contributed by atoms with Gasteiger partial charge in [0, 0.05) is 57.8 Å². The molecule has 6 heterocycles. The molecule has 6 aliphatic rings. The van der Waals surface area contributed by atoms with Gasteiger partial charge in [-0.1, -0.05) is 19.3 Å². The van der Waals surface area contributed by atoms with Crippen LogP contribution in [0.1, 0.15) is 76.2 Å². The largest absolute Gasteiger partial charge is 0.368 e. The molecule has 0 bridgehead atoms. The number of aromatic nitrogens is 2. The van der Waals surface area contributed by atoms with Gasteiger partial charge in [0.1, 0.15) is 23.4 Å². The van der Waals surface area contributed by atoms with Gasteiger partial charge in [-0.3, -0.25) is 39.1 Å². The van der Waals surface area contributed by atoms with Crippen molar-refractivity contribution >= 4 is 41.0 Å². The highest BCUT2D eigenvalue weighted by Crippen LogP contribution is 2.39. The number of carbonyl (C=O) groups is 5. The van der Waals surface area contributed by atoms with Gasteiger partial charge in [0.25, 0.3) is 17.7 Å². The Morgan fingerprint density at radius 1 is 0.830 bits per heavy atom. The van der Waals surface area contributed by atoms with Gasteiger partial charge < -0.3 is 15.1 Å². The first-order chi connectivity index (χ1) is 22.7. The average molecular weight is 645 g/mol. The van der Waals surface area contributed by atoms with Crippen molar-refractivity contribution in [3.63, 3.8) is 0 Å². The van der Waals surface area contributed by atoms with Crippen LogP contribution in [0.2, 0.25) is 0 Å². The molecule has 14 heteroatoms. The highest BCUT2D eigenvalue weighted by molar-refractivity contribution is 6.23. The predicted molar refractivity (Wildman–Crippen MR) is 166 cm³/mol. The molecular formula is C33H37FN8O5. The molecule has 4 saturated heterocycles. The summed E-state index contributed by atoms with van der Waals surface area (Å²) in [5.74, 6) is -1.77. The summed E-state index contributed by atoms with van der Waals surface area (Å²) in [6.45, 7) is 4.71. The monoisotopic (exact) mass is 644 g/mol. The van der Waals surface area contributed by atoms with E-state index >= 15 is 4.39 Å². The van der Waals surface area contributed by atoms with Gasteiger partial charge in [-0.15, -0.1) is 0 Å². The number of nitrogens with zero attached hydrogens (tertiary/aromatic N) is 6. The van der Waals surface area contributed by atoms with Crippen molar-refractivity contribution < 1.29 is 28.4 Å². The van der Waals surface area contributed by atoms with E-state index < -0.39 is 35.5 Å². The maximum atomic E-state index is 15.4. The first-order valence-corrected chi connectivity index (χ1v) is 16.7. The Bertz CT molecular complexity index is 1640. The van der Waals surface area contributed by atoms with Crippen LogP contribution in [0.3, 0.4) is 0 Å². The summed E-state index contributed by atoms with van der Waals surface area (Å²) in [6, 6.07) is 2.07. The van der Waals surface area contributed by atoms with Crippen molar-refractivity contribution in [1.82, 2.24) is 30.4 Å². The quantitative estimate of drug-likeness (QED) is 0.442. The molecule has 2 N–H and O–H groups in total. The second-order valence-corrected chi connectivity index (χ2v) is 13.8. The Kier molecular flexibility index (Phi) is 7.42. The number of halogens is 1. The highest BCUT2D eigenvalue weighted by Gasteiger charge is 2.48. The van der Waals surface area contributed by atoms with E-state index in [1.54, 1.807) is 12.4 Å². The van der Waals surface area contributed by atoms with E-state index in [2.05, 4.69) is 30.4 Å². The summed E-state index contributed by atoms with van der Waals surface area (Å²) in [6.07, 6.45) is 8.87. The molecule has 1 aliphatic carbocycles. The first-order valence-electron chi connectivity index (χ1n) is 16.7. The number of anilines is 2. The number of fused-ring (bicyclic) bond motifs is 2. The topological polar surface area (TPSA) is 148 Å². The number of rotatable bonds is 6. The maximum absolute atomic E-state index is 15.4. The number of amides is 5. The summed E-state index contributed by atoms with van der Waals surface area (Å²) < 4.78 is 15.4. The molecule has 1 saturated carbocycles. The average Bonchev–Trinajstić information content (AvgIpc) is 3.68. The molecule has 2 aromatic rings. The summed E-state index contributed by atoms with van der Waals surface area (Å²) >= 11 is 0. The van der Waals surface area contributed by atoms with E-state index in [9.17, 15) is 24.0 Å². The molecule has 13 nitrogen and oxygen atoms in total. The lowest BCUT2D eigenvalue weighted by Gasteiger charge is -2.45. The lowest BCUT2D eigenvalue weighted by atomic mass is 9.95. The van der Waals surface area contributed by atoms with Crippen molar-refractivity contribution in [2.24, 2.45) is 11.8 Å². The molecule has 1 aromatic heterocycles. The third kappa shape index (κ3) is 5.31. The van der Waals surface area contributed by atoms with Crippen LogP contribution in [0.25, 0.3) is 0 Å². The molecule has 0 radical (unpaired) electrons. The Morgan fingerprint density at radius 2 is 1.53 bits per heavy atom. The molecule has 3 atom stereocenters. The van der Waals surface area contributed by atoms with Gasteiger partial charge >= 0.3 is 0 Å². The summed E-state index contributed by atoms with van der Waals surface area (Å²) in [5, 5.41) is 5.26. The predicted octanol–water partition coefficient (Wildman–Crippen LogP) is 1.34. The molecule has 5 amide bonds. The van der Waals surface area contributed by atoms with Crippen LogP contribution in [-0.2, 0) is 9.59 Å². The Hall–Kier alpha value is -4.46. The number of hydrogen-bond acceptors (Lipinski definition) is 10. The van der Waals surface area contributed by atoms with Crippen LogP contribution >= 0.6 is 0 Å². The fraction of sp³-hybridized carbons (Fsp3) is 0.545. The van der Waals surface area contributed by atoms with Crippen molar-refractivity contribution in [2.45, 2.75) is 63.1 Å². The lowest BCUT2D eigenvalue weighted by Crippen LogP contribution is -2.59. The smallest absolute Gasteiger partial charge is 0.271 e. The number of carbonyl (C=O) groups excluding carboxylic acids is 5. The van der Waals surface area contributed by atoms with E-state index in [4.69, 9.17) is 0 Å². The second kappa shape index (κ2) is 11.7. The zero-order chi connectivity index (χ0) is 32.4. The fourth-order valence-electron chi connectivity index (χ4n) is 8.23. The number of nitrogens with one attached hydrogen (secondary N) is 2. The Morgan fingerprint density at radius 3 is 2.19 bits per heavy atom. The van der Waals surface area contributed by atoms with Gasteiger partial charge in [0.2, 0.25) is 11.8 Å². The van der Waals surface area contributed by atoms with Crippen molar-refractivity contribution in [1.29, 1.82) is 0 Å². The minimum absolute atomic E-state index is 0.0253. The molecule has 5 fully saturated rings. The van der Waals surface area contributed by atoms with Crippen LogP contribution in [0.4, 0.5) is 15.9 Å². The van der Waals surface area contributed by atoms with Gasteiger partial charge in [-0.05, 0) is 43.2 Å². The Labute approximate surface area is 270 Å². The first kappa shape index (κ1) is 29.9. The third-order valence-electron chi connectivity index (χ3n) is 10.9. The van der Waals surface area contributed by atoms with Gasteiger partial charge in [-0.25, -0.2) is 14.4 Å². The van der Waals surface area contributed by atoms with E-state index in [-0.39, 0.29) is 35.9 Å². The van der Waals surface area contributed by atoms with E-state index in [0.717, 1.165) is 68.6 Å². The minimum Gasteiger partial charge on any atom is -0.368 e. The molecular weight excluding hydrogens is 607 g/mol. The number of benzene rings is 1. The van der Waals surface area contributed by atoms with Gasteiger partial charge in [-0.2, -0.15) is 0 Å². The van der Waals surface area contributed by atoms with Crippen LogP contribution in [0.15, 0.2) is 24.5 Å². The molecule has 47 heavy (non-hydrogen) atoms. The Balaban J connectivity index is 0.854. The normalized spacial score (nSPS) is 26.8. The minimum atomic E-state index is -1.09. The zero-order valence-electron chi connectivity index (χ0n) is 26.0. The summed E-state index contributed by atoms with van der Waals surface area (Å²) in [5.41, 5.74) is 0.671. The fourth-order valence-corrected chi connectivity index (χ4v) is 8.23. The van der Waals surface area contributed by atoms with Crippen molar-refractivity contribution in [3.05, 3.63) is 47.2 Å². The van der Waals surface area contributed by atoms with Crippen molar-refractivity contribution in [3.8, 4) is 0 Å². The number of likely N-dealkylation sites (tertiary alicyclic amines) is 1. The zero-order valence-corrected chi connectivity index (χ0v) is 26.0. The second-order valence-electron chi connectivity index (χ2n) is 13.8. The maximum Gasteiger partial charge on any atom is 0.271 e. The van der Waals surface area contributed by atoms with E-state index in [1.807, 2.05) is 4.90 Å². The molecule has 3 unspecified atom stereocenters. The van der Waals surface area contributed by atoms with Crippen LogP contribution in [0, 0.1) is 17.7 Å². The molecule has 1 aromatic carbocycles. The lowest BCUT2D eigenvalue weighted by molar-refractivity contribution is -0.136. The van der Waals surface area contributed by atoms with E-state index in [0.29, 0.717) is 42.3 Å². The number of imide groups is 2. The summed E-state index contributed by atoms with van der Waals surface area (Å²) in [4.78, 5) is 79.3. The summed E-state index contributed by atoms with van der Waals surface area (Å²) in [7, 11) is 0. The number of hydrogen-bond donors (Lipinski definition) is 2. The van der Waals surface area contributed by atoms with E-state index in [1.165, 1.54) is 12.5 Å². The standard InChI is InChI=1S/C33H37FN8O5/c34-24-8-22-23(33(47)42(32(22)46)26-6-7-29(43)38-31(26)45)9-27(24)40-14-18-12-39(13-19(18)15-40)21-16-41(17-21)28-11-35-25(10-36-28)30(44)37-20-4-2-1-3-5-20/h8-11,18-21,26H,1-7,12-17H2,(H,37,44)(H,38,43,45). The molecule has 8 rings (SSSR count). The van der Waals surface area contributed by atoms with Gasteiger partial charge in [0.15, 0.2) is 0 Å². The van der Waals surface area contributed by atoms with Crippen LogP contribution in [-0.4, -0.2) is 107 Å². The van der Waals surface area contributed by atoms with Gasteiger partial charge in [0.05, 0.1) is 29.2 Å². The van der Waals surface area contributed by atoms with Crippen LogP contribution < -0.4 is 20.4 Å². The van der Waals surface area contributed by atoms with Crippen molar-refractivity contribution in [2.75, 3.05) is 49.1 Å². The molecule has 5 aliphatic heterocycles. The molecule has 246 valence electrons. The number of piperidine rings is 1. The third-order valence-corrected chi connectivity index (χ3v) is 10.9. The molecule has 0 spiro atoms.